The summed E-state index contributed by atoms with van der Waals surface area (Å²) in [6.45, 7) is 4.28. The normalized spacial score (nSPS) is 10.8. The first-order chi connectivity index (χ1) is 12.9. The first-order valence-electron chi connectivity index (χ1n) is 8.71. The Morgan fingerprint density at radius 3 is 2.63 bits per heavy atom. The van der Waals surface area contributed by atoms with E-state index >= 15 is 0 Å². The molecule has 0 fully saturated rings. The predicted octanol–water partition coefficient (Wildman–Crippen LogP) is 3.54. The molecule has 0 saturated carbocycles. The maximum atomic E-state index is 12.3. The molecule has 0 radical (unpaired) electrons. The molecule has 2 N–H and O–H groups in total. The van der Waals surface area contributed by atoms with E-state index in [0.29, 0.717) is 29.3 Å². The van der Waals surface area contributed by atoms with Gasteiger partial charge in [0.05, 0.1) is 5.52 Å². The van der Waals surface area contributed by atoms with Crippen LogP contribution in [0.25, 0.3) is 10.9 Å². The van der Waals surface area contributed by atoms with Crippen molar-refractivity contribution in [1.29, 1.82) is 0 Å². The van der Waals surface area contributed by atoms with Crippen LogP contribution in [-0.4, -0.2) is 24.0 Å². The topological polar surface area (TPSA) is 71.2 Å². The molecule has 140 valence electrons. The van der Waals surface area contributed by atoms with Gasteiger partial charge in [0, 0.05) is 17.1 Å². The van der Waals surface area contributed by atoms with E-state index in [2.05, 4.69) is 10.3 Å². The van der Waals surface area contributed by atoms with Crippen LogP contribution in [0.1, 0.15) is 16.7 Å². The Labute approximate surface area is 162 Å². The Morgan fingerprint density at radius 1 is 1.15 bits per heavy atom. The fraction of sp³-hybridized carbons (Fsp3) is 0.238. The molecular weight excluding hydrogens is 364 g/mol. The highest BCUT2D eigenvalue weighted by molar-refractivity contribution is 6.30. The molecule has 0 aliphatic heterocycles. The van der Waals surface area contributed by atoms with E-state index in [1.165, 1.54) is 0 Å². The predicted molar refractivity (Wildman–Crippen MR) is 108 cm³/mol. The van der Waals surface area contributed by atoms with E-state index in [4.69, 9.17) is 16.3 Å². The Hall–Kier alpha value is -2.79. The fourth-order valence-corrected chi connectivity index (χ4v) is 2.95. The van der Waals surface area contributed by atoms with Gasteiger partial charge in [-0.1, -0.05) is 23.7 Å². The number of benzene rings is 2. The van der Waals surface area contributed by atoms with Gasteiger partial charge in [-0.2, -0.15) is 0 Å². The summed E-state index contributed by atoms with van der Waals surface area (Å²) in [4.78, 5) is 27.2. The van der Waals surface area contributed by atoms with Crippen LogP contribution in [0.4, 0.5) is 0 Å². The number of carbonyl (C=O) groups excluding carboxylic acids is 1. The van der Waals surface area contributed by atoms with Crippen molar-refractivity contribution >= 4 is 28.4 Å². The zero-order chi connectivity index (χ0) is 19.4. The number of carbonyl (C=O) groups is 1. The van der Waals surface area contributed by atoms with Crippen molar-refractivity contribution in [2.24, 2.45) is 0 Å². The Bertz CT molecular complexity index is 1030. The highest BCUT2D eigenvalue weighted by Gasteiger charge is 2.08. The minimum Gasteiger partial charge on any atom is -0.484 e. The SMILES string of the molecule is Cc1ccc2cc(CCNC(=O)COc3ccc(Cl)cc3)c(=O)[nH]c2c1C. The third kappa shape index (κ3) is 4.68. The smallest absolute Gasteiger partial charge is 0.257 e. The van der Waals surface area contributed by atoms with Crippen molar-refractivity contribution in [3.8, 4) is 5.75 Å². The van der Waals surface area contributed by atoms with Gasteiger partial charge in [0.1, 0.15) is 5.75 Å². The second kappa shape index (κ2) is 8.27. The van der Waals surface area contributed by atoms with Gasteiger partial charge >= 0.3 is 0 Å². The summed E-state index contributed by atoms with van der Waals surface area (Å²) in [5, 5.41) is 4.37. The summed E-state index contributed by atoms with van der Waals surface area (Å²) in [5.41, 5.74) is 3.60. The molecule has 1 amide bonds. The molecule has 0 aliphatic rings. The van der Waals surface area contributed by atoms with Crippen molar-refractivity contribution in [2.45, 2.75) is 20.3 Å². The van der Waals surface area contributed by atoms with Crippen LogP contribution < -0.4 is 15.6 Å². The van der Waals surface area contributed by atoms with E-state index in [-0.39, 0.29) is 18.1 Å². The number of H-pyrrole nitrogens is 1. The third-order valence-corrected chi connectivity index (χ3v) is 4.78. The number of hydrogen-bond donors (Lipinski definition) is 2. The summed E-state index contributed by atoms with van der Waals surface area (Å²) in [5.74, 6) is 0.333. The molecule has 5 nitrogen and oxygen atoms in total. The van der Waals surface area contributed by atoms with Crippen LogP contribution in [0, 0.1) is 13.8 Å². The van der Waals surface area contributed by atoms with Crippen LogP contribution in [0.5, 0.6) is 5.75 Å². The number of fused-ring (bicyclic) bond motifs is 1. The van der Waals surface area contributed by atoms with Gasteiger partial charge in [0.2, 0.25) is 0 Å². The van der Waals surface area contributed by atoms with E-state index in [9.17, 15) is 9.59 Å². The van der Waals surface area contributed by atoms with Gasteiger partial charge in [0.15, 0.2) is 6.61 Å². The lowest BCUT2D eigenvalue weighted by molar-refractivity contribution is -0.123. The van der Waals surface area contributed by atoms with Crippen LogP contribution >= 0.6 is 11.6 Å². The molecule has 1 aromatic heterocycles. The molecule has 2 aromatic carbocycles. The summed E-state index contributed by atoms with van der Waals surface area (Å²) in [6, 6.07) is 12.7. The Kier molecular flexibility index (Phi) is 5.81. The van der Waals surface area contributed by atoms with E-state index in [1.807, 2.05) is 32.0 Å². The van der Waals surface area contributed by atoms with Crippen molar-refractivity contribution < 1.29 is 9.53 Å². The summed E-state index contributed by atoms with van der Waals surface area (Å²) < 4.78 is 5.39. The van der Waals surface area contributed by atoms with Crippen LogP contribution in [0.2, 0.25) is 5.02 Å². The number of aromatic amines is 1. The molecule has 3 rings (SSSR count). The van der Waals surface area contributed by atoms with Crippen molar-refractivity contribution in [3.05, 3.63) is 74.5 Å². The third-order valence-electron chi connectivity index (χ3n) is 4.53. The molecule has 0 aliphatic carbocycles. The number of rotatable bonds is 6. The average molecular weight is 385 g/mol. The van der Waals surface area contributed by atoms with E-state index in [1.54, 1.807) is 24.3 Å². The molecule has 0 atom stereocenters. The number of pyridine rings is 1. The monoisotopic (exact) mass is 384 g/mol. The lowest BCUT2D eigenvalue weighted by Gasteiger charge is -2.09. The highest BCUT2D eigenvalue weighted by atomic mass is 35.5. The van der Waals surface area contributed by atoms with Crippen molar-refractivity contribution in [2.75, 3.05) is 13.2 Å². The number of halogens is 1. The lowest BCUT2D eigenvalue weighted by atomic mass is 10.0. The molecule has 0 spiro atoms. The molecule has 1 heterocycles. The number of aromatic nitrogens is 1. The standard InChI is InChI=1S/C21H21ClN2O3/c1-13-3-4-15-11-16(21(26)24-20(15)14(13)2)9-10-23-19(25)12-27-18-7-5-17(22)6-8-18/h3-8,11H,9-10,12H2,1-2H3,(H,23,25)(H,24,26). The van der Waals surface area contributed by atoms with Gasteiger partial charge in [-0.3, -0.25) is 9.59 Å². The molecular formula is C21H21ClN2O3. The minimum absolute atomic E-state index is 0.0891. The molecule has 3 aromatic rings. The second-order valence-electron chi connectivity index (χ2n) is 6.44. The number of ether oxygens (including phenoxy) is 1. The maximum absolute atomic E-state index is 12.3. The molecule has 0 unspecified atom stereocenters. The Balaban J connectivity index is 1.56. The lowest BCUT2D eigenvalue weighted by Crippen LogP contribution is -2.31. The number of nitrogens with one attached hydrogen (secondary N) is 2. The first kappa shape index (κ1) is 19.0. The molecule has 6 heteroatoms. The minimum atomic E-state index is -0.242. The summed E-state index contributed by atoms with van der Waals surface area (Å²) >= 11 is 5.80. The first-order valence-corrected chi connectivity index (χ1v) is 9.09. The molecule has 27 heavy (non-hydrogen) atoms. The van der Waals surface area contributed by atoms with Crippen molar-refractivity contribution in [1.82, 2.24) is 10.3 Å². The van der Waals surface area contributed by atoms with Gasteiger partial charge in [-0.15, -0.1) is 0 Å². The van der Waals surface area contributed by atoms with Gasteiger partial charge in [-0.25, -0.2) is 0 Å². The highest BCUT2D eigenvalue weighted by Crippen LogP contribution is 2.19. The van der Waals surface area contributed by atoms with Gasteiger partial charge in [0.25, 0.3) is 11.5 Å². The van der Waals surface area contributed by atoms with Gasteiger partial charge < -0.3 is 15.0 Å². The van der Waals surface area contributed by atoms with Crippen molar-refractivity contribution in [3.63, 3.8) is 0 Å². The van der Waals surface area contributed by atoms with E-state index in [0.717, 1.165) is 22.0 Å². The summed E-state index contributed by atoms with van der Waals surface area (Å²) in [6.07, 6.45) is 0.449. The molecule has 0 bridgehead atoms. The van der Waals surface area contributed by atoms with Crippen LogP contribution in [0.15, 0.2) is 47.3 Å². The number of aryl methyl sites for hydroxylation is 2. The zero-order valence-corrected chi connectivity index (χ0v) is 16.0. The van der Waals surface area contributed by atoms with Crippen LogP contribution in [-0.2, 0) is 11.2 Å². The largest absolute Gasteiger partial charge is 0.484 e. The summed E-state index contributed by atoms with van der Waals surface area (Å²) in [7, 11) is 0. The Morgan fingerprint density at radius 2 is 1.89 bits per heavy atom. The quantitative estimate of drug-likeness (QED) is 0.682. The molecule has 0 saturated heterocycles. The fourth-order valence-electron chi connectivity index (χ4n) is 2.82. The van der Waals surface area contributed by atoms with Gasteiger partial charge in [-0.05, 0) is 67.1 Å². The number of amides is 1. The second-order valence-corrected chi connectivity index (χ2v) is 6.87. The van der Waals surface area contributed by atoms with E-state index < -0.39 is 0 Å². The number of hydrogen-bond acceptors (Lipinski definition) is 3. The average Bonchev–Trinajstić information content (AvgIpc) is 2.65. The van der Waals surface area contributed by atoms with Crippen LogP contribution in [0.3, 0.4) is 0 Å². The maximum Gasteiger partial charge on any atom is 0.257 e. The zero-order valence-electron chi connectivity index (χ0n) is 15.3.